The van der Waals surface area contributed by atoms with Gasteiger partial charge in [-0.2, -0.15) is 0 Å². The number of hydrogen-bond donors (Lipinski definition) is 2. The van der Waals surface area contributed by atoms with E-state index in [0.717, 1.165) is 36.8 Å². The van der Waals surface area contributed by atoms with Crippen molar-refractivity contribution in [2.45, 2.75) is 33.4 Å². The molecule has 0 saturated carbocycles. The van der Waals surface area contributed by atoms with Crippen LogP contribution in [0, 0.1) is 0 Å². The van der Waals surface area contributed by atoms with Crippen molar-refractivity contribution in [2.24, 2.45) is 10.2 Å². The van der Waals surface area contributed by atoms with Gasteiger partial charge in [0.25, 0.3) is 5.91 Å². The van der Waals surface area contributed by atoms with E-state index in [0.29, 0.717) is 17.9 Å². The number of para-hydroxylation sites is 1. The summed E-state index contributed by atoms with van der Waals surface area (Å²) in [6.07, 6.45) is 5.21. The van der Waals surface area contributed by atoms with Crippen molar-refractivity contribution >= 4 is 22.5 Å². The number of carbonyl (C=O) groups is 1. The molecule has 0 aliphatic carbocycles. The lowest BCUT2D eigenvalue weighted by molar-refractivity contribution is -0.922. The molecule has 28 heavy (non-hydrogen) atoms. The minimum Gasteiger partial charge on any atom is -0.493 e. The van der Waals surface area contributed by atoms with Gasteiger partial charge >= 0.3 is 0 Å². The first-order chi connectivity index (χ1) is 13.7. The molecule has 3 rings (SSSR count). The standard InChI is InChI=1S/C21H25N5O2/c1-3-13-25(14-4-2)15-26-18-8-6-5-7-17(18)19(21(26)28)23-24-20(27)16-9-11-22-12-10-16/h5-12,28H,3-4,13-15H2,1-2H3/p+1. The van der Waals surface area contributed by atoms with Crippen LogP contribution in [-0.2, 0) is 6.67 Å². The Labute approximate surface area is 164 Å². The molecule has 2 N–H and O–H groups in total. The van der Waals surface area contributed by atoms with E-state index < -0.39 is 5.91 Å². The smallest absolute Gasteiger partial charge is 0.295 e. The van der Waals surface area contributed by atoms with Gasteiger partial charge in [-0.25, -0.2) is 0 Å². The molecule has 2 heterocycles. The van der Waals surface area contributed by atoms with Gasteiger partial charge in [0.1, 0.15) is 0 Å². The lowest BCUT2D eigenvalue weighted by atomic mass is 10.2. The van der Waals surface area contributed by atoms with Crippen LogP contribution in [0.4, 0.5) is 5.69 Å². The summed E-state index contributed by atoms with van der Waals surface area (Å²) in [5.74, 6) is -0.431. The summed E-state index contributed by atoms with van der Waals surface area (Å²) in [6, 6.07) is 10.8. The van der Waals surface area contributed by atoms with E-state index >= 15 is 0 Å². The predicted octanol–water partition coefficient (Wildman–Crippen LogP) is 3.33. The number of benzene rings is 1. The van der Waals surface area contributed by atoms with Crippen molar-refractivity contribution in [2.75, 3.05) is 13.1 Å². The summed E-state index contributed by atoms with van der Waals surface area (Å²) in [5.41, 5.74) is 1.61. The van der Waals surface area contributed by atoms with Gasteiger partial charge in [0, 0.05) is 23.3 Å². The molecular formula is C21H26N5O2+. The highest BCUT2D eigenvalue weighted by molar-refractivity contribution is 5.97. The minimum atomic E-state index is -0.470. The molecule has 0 radical (unpaired) electrons. The molecule has 3 aromatic rings. The van der Waals surface area contributed by atoms with Crippen LogP contribution in [0.5, 0.6) is 5.88 Å². The van der Waals surface area contributed by atoms with Crippen molar-refractivity contribution in [3.8, 4) is 5.88 Å². The highest BCUT2D eigenvalue weighted by atomic mass is 16.3. The van der Waals surface area contributed by atoms with Gasteiger partial charge in [0.05, 0.1) is 18.6 Å². The molecule has 0 atom stereocenters. The van der Waals surface area contributed by atoms with Gasteiger partial charge in [-0.05, 0) is 31.0 Å². The first-order valence-electron chi connectivity index (χ1n) is 9.65. The fourth-order valence-corrected chi connectivity index (χ4v) is 3.39. The zero-order valence-electron chi connectivity index (χ0n) is 16.3. The predicted molar refractivity (Wildman–Crippen MR) is 108 cm³/mol. The second kappa shape index (κ2) is 9.23. The van der Waals surface area contributed by atoms with Gasteiger partial charge < -0.3 is 10.0 Å². The molecule has 0 unspecified atom stereocenters. The van der Waals surface area contributed by atoms with Crippen LogP contribution in [0.1, 0.15) is 37.0 Å². The molecule has 0 fully saturated rings. The average Bonchev–Trinajstić information content (AvgIpc) is 2.98. The van der Waals surface area contributed by atoms with Crippen molar-refractivity contribution in [1.29, 1.82) is 0 Å². The number of nitrogens with one attached hydrogen (secondary N) is 1. The molecule has 0 spiro atoms. The Morgan fingerprint density at radius 3 is 2.46 bits per heavy atom. The summed E-state index contributed by atoms with van der Waals surface area (Å²) >= 11 is 0. The van der Waals surface area contributed by atoms with Crippen LogP contribution < -0.4 is 4.90 Å². The average molecular weight is 380 g/mol. The Kier molecular flexibility index (Phi) is 6.49. The lowest BCUT2D eigenvalue weighted by Gasteiger charge is -2.19. The van der Waals surface area contributed by atoms with Gasteiger partial charge in [-0.1, -0.05) is 32.0 Å². The van der Waals surface area contributed by atoms with Crippen LogP contribution in [0.2, 0.25) is 0 Å². The number of pyridine rings is 1. The normalized spacial score (nSPS) is 11.7. The number of rotatable bonds is 8. The fraction of sp³-hybridized carbons (Fsp3) is 0.333. The zero-order valence-corrected chi connectivity index (χ0v) is 16.3. The van der Waals surface area contributed by atoms with Crippen LogP contribution in [-0.4, -0.2) is 33.7 Å². The van der Waals surface area contributed by atoms with E-state index in [-0.39, 0.29) is 5.88 Å². The van der Waals surface area contributed by atoms with E-state index in [4.69, 9.17) is 0 Å². The highest BCUT2D eigenvalue weighted by Gasteiger charge is 2.20. The second-order valence-corrected chi connectivity index (χ2v) is 6.77. The molecule has 2 aromatic heterocycles. The van der Waals surface area contributed by atoms with E-state index in [1.165, 1.54) is 17.3 Å². The molecule has 1 amide bonds. The lowest BCUT2D eigenvalue weighted by Crippen LogP contribution is -3.11. The first kappa shape index (κ1) is 19.7. The molecule has 0 saturated heterocycles. The van der Waals surface area contributed by atoms with E-state index in [1.54, 1.807) is 12.1 Å². The van der Waals surface area contributed by atoms with Crippen molar-refractivity contribution in [3.05, 3.63) is 54.4 Å². The van der Waals surface area contributed by atoms with Crippen LogP contribution >= 0.6 is 0 Å². The van der Waals surface area contributed by atoms with E-state index in [9.17, 15) is 9.90 Å². The number of aromatic hydroxyl groups is 1. The molecule has 7 heteroatoms. The number of quaternary nitrogens is 1. The summed E-state index contributed by atoms with van der Waals surface area (Å²) in [5, 5.41) is 19.6. The van der Waals surface area contributed by atoms with Crippen LogP contribution in [0.25, 0.3) is 10.9 Å². The molecular weight excluding hydrogens is 354 g/mol. The molecule has 146 valence electrons. The van der Waals surface area contributed by atoms with Crippen molar-refractivity contribution < 1.29 is 14.8 Å². The summed E-state index contributed by atoms with van der Waals surface area (Å²) in [7, 11) is 0. The summed E-state index contributed by atoms with van der Waals surface area (Å²) < 4.78 is 1.86. The van der Waals surface area contributed by atoms with E-state index in [1.807, 2.05) is 28.8 Å². The minimum absolute atomic E-state index is 0.0391. The Morgan fingerprint density at radius 2 is 1.79 bits per heavy atom. The SMILES string of the molecule is CCC[NH+](CCC)Cn1c(O)c(N=NC(=O)c2ccncc2)c2ccccc21. The number of fused-ring (bicyclic) bond motifs is 1. The Hall–Kier alpha value is -3.06. The zero-order chi connectivity index (χ0) is 19.9. The number of amides is 1. The Balaban J connectivity index is 1.96. The number of azo groups is 1. The first-order valence-corrected chi connectivity index (χ1v) is 9.65. The number of hydrogen-bond acceptors (Lipinski definition) is 4. The maximum Gasteiger partial charge on any atom is 0.295 e. The van der Waals surface area contributed by atoms with Gasteiger partial charge in [-0.15, -0.1) is 10.2 Å². The molecule has 0 aliphatic heterocycles. The third kappa shape index (κ3) is 4.26. The summed E-state index contributed by atoms with van der Waals surface area (Å²) in [4.78, 5) is 17.5. The summed E-state index contributed by atoms with van der Waals surface area (Å²) in [6.45, 7) is 7.01. The third-order valence-electron chi connectivity index (χ3n) is 4.67. The molecule has 7 nitrogen and oxygen atoms in total. The van der Waals surface area contributed by atoms with Gasteiger partial charge in [0.15, 0.2) is 12.4 Å². The molecule has 0 aliphatic rings. The number of aromatic nitrogens is 2. The maximum absolute atomic E-state index is 12.2. The topological polar surface area (TPSA) is 84.3 Å². The van der Waals surface area contributed by atoms with Crippen molar-refractivity contribution in [1.82, 2.24) is 9.55 Å². The van der Waals surface area contributed by atoms with Gasteiger partial charge in [0.2, 0.25) is 5.88 Å². The number of nitrogens with zero attached hydrogens (tertiary/aromatic N) is 4. The monoisotopic (exact) mass is 380 g/mol. The molecule has 1 aromatic carbocycles. The van der Waals surface area contributed by atoms with Crippen LogP contribution in [0.15, 0.2) is 59.0 Å². The van der Waals surface area contributed by atoms with E-state index in [2.05, 4.69) is 29.1 Å². The largest absolute Gasteiger partial charge is 0.493 e. The Morgan fingerprint density at radius 1 is 1.11 bits per heavy atom. The highest BCUT2D eigenvalue weighted by Crippen LogP contribution is 2.38. The third-order valence-corrected chi connectivity index (χ3v) is 4.67. The number of carbonyl (C=O) groups excluding carboxylic acids is 1. The Bertz CT molecular complexity index is 960. The molecule has 0 bridgehead atoms. The second-order valence-electron chi connectivity index (χ2n) is 6.77. The van der Waals surface area contributed by atoms with Crippen molar-refractivity contribution in [3.63, 3.8) is 0 Å². The van der Waals surface area contributed by atoms with Crippen LogP contribution in [0.3, 0.4) is 0 Å². The fourth-order valence-electron chi connectivity index (χ4n) is 3.39. The van der Waals surface area contributed by atoms with Gasteiger partial charge in [-0.3, -0.25) is 14.3 Å². The maximum atomic E-state index is 12.2. The quantitative estimate of drug-likeness (QED) is 0.588.